The van der Waals surface area contributed by atoms with Crippen molar-refractivity contribution in [1.82, 2.24) is 4.90 Å². The van der Waals surface area contributed by atoms with E-state index in [4.69, 9.17) is 17.1 Å². The van der Waals surface area contributed by atoms with Gasteiger partial charge in [-0.05, 0) is 30.4 Å². The largest absolute Gasteiger partial charge is 0.416 e. The molecule has 0 radical (unpaired) electrons. The molecule has 0 aliphatic carbocycles. The summed E-state index contributed by atoms with van der Waals surface area (Å²) in [6.07, 6.45) is -0.213. The lowest BCUT2D eigenvalue weighted by molar-refractivity contribution is -0.137. The highest BCUT2D eigenvalue weighted by atomic mass is 32.1. The summed E-state index contributed by atoms with van der Waals surface area (Å²) in [5.41, 5.74) is -0.576. The fraction of sp³-hybridized carbons (Fsp3) is 0.467. The van der Waals surface area contributed by atoms with Gasteiger partial charge in [-0.1, -0.05) is 11.2 Å². The Balaban J connectivity index is 1.60. The lowest BCUT2D eigenvalue weighted by Crippen LogP contribution is -2.47. The molecule has 1 aromatic rings. The molecule has 1 spiro atoms. The predicted molar refractivity (Wildman–Crippen MR) is 85.4 cm³/mol. The van der Waals surface area contributed by atoms with Crippen LogP contribution in [0.25, 0.3) is 0 Å². The number of hydrogen-bond donors (Lipinski definition) is 1. The average Bonchev–Trinajstić information content (AvgIpc) is 2.95. The summed E-state index contributed by atoms with van der Waals surface area (Å²) in [5.74, 6) is 0. The number of thiocarbonyl (C=S) groups is 1. The molecule has 23 heavy (non-hydrogen) atoms. The second kappa shape index (κ2) is 5.99. The van der Waals surface area contributed by atoms with Crippen molar-refractivity contribution in [1.29, 1.82) is 0 Å². The predicted octanol–water partition coefficient (Wildman–Crippen LogP) is 3.64. The van der Waals surface area contributed by atoms with Crippen LogP contribution in [0.1, 0.15) is 24.8 Å². The number of piperidine rings is 1. The molecule has 1 saturated heterocycles. The monoisotopic (exact) mass is 343 g/mol. The average molecular weight is 343 g/mol. The van der Waals surface area contributed by atoms with Gasteiger partial charge >= 0.3 is 6.18 Å². The summed E-state index contributed by atoms with van der Waals surface area (Å²) in [6.45, 7) is 1.38. The number of benzene rings is 1. The second-order valence-corrected chi connectivity index (χ2v) is 6.15. The molecule has 1 aromatic carbocycles. The van der Waals surface area contributed by atoms with Gasteiger partial charge in [-0.15, -0.1) is 0 Å². The molecule has 0 atom stereocenters. The zero-order chi connectivity index (χ0) is 16.5. The third kappa shape index (κ3) is 3.57. The standard InChI is InChI=1S/C15H16F3N3OS/c16-15(17,18)11-2-1-3-12(10-11)20-13(23)21-8-5-14(6-9-21)4-7-19-22-14/h1-3,7,10H,4-6,8-9H2,(H,20,23). The van der Waals surface area contributed by atoms with Crippen molar-refractivity contribution in [3.63, 3.8) is 0 Å². The Labute approximate surface area is 137 Å². The summed E-state index contributed by atoms with van der Waals surface area (Å²) in [5, 5.41) is 7.15. The fourth-order valence-electron chi connectivity index (χ4n) is 2.78. The van der Waals surface area contributed by atoms with Crippen molar-refractivity contribution < 1.29 is 18.0 Å². The van der Waals surface area contributed by atoms with E-state index < -0.39 is 11.7 Å². The molecule has 4 nitrogen and oxygen atoms in total. The maximum atomic E-state index is 12.7. The Morgan fingerprint density at radius 1 is 1.30 bits per heavy atom. The van der Waals surface area contributed by atoms with Crippen molar-refractivity contribution in [3.05, 3.63) is 29.8 Å². The van der Waals surface area contributed by atoms with Crippen LogP contribution in [0, 0.1) is 0 Å². The fourth-order valence-corrected chi connectivity index (χ4v) is 3.08. The number of anilines is 1. The Hall–Kier alpha value is -1.83. The van der Waals surface area contributed by atoms with Gasteiger partial charge in [-0.25, -0.2) is 0 Å². The van der Waals surface area contributed by atoms with Crippen LogP contribution >= 0.6 is 12.2 Å². The molecule has 0 bridgehead atoms. The minimum atomic E-state index is -4.36. The number of nitrogens with zero attached hydrogens (tertiary/aromatic N) is 2. The molecule has 1 N–H and O–H groups in total. The molecule has 0 unspecified atom stereocenters. The van der Waals surface area contributed by atoms with Crippen molar-refractivity contribution >= 4 is 29.2 Å². The van der Waals surface area contributed by atoms with Gasteiger partial charge < -0.3 is 15.1 Å². The third-order valence-electron chi connectivity index (χ3n) is 4.19. The van der Waals surface area contributed by atoms with Crippen molar-refractivity contribution in [2.75, 3.05) is 18.4 Å². The van der Waals surface area contributed by atoms with Crippen molar-refractivity contribution in [3.8, 4) is 0 Å². The Bertz CT molecular complexity index is 615. The summed E-state index contributed by atoms with van der Waals surface area (Å²) in [7, 11) is 0. The molecule has 1 fully saturated rings. The number of nitrogens with one attached hydrogen (secondary N) is 1. The van der Waals surface area contributed by atoms with E-state index in [1.807, 2.05) is 4.90 Å². The quantitative estimate of drug-likeness (QED) is 0.790. The highest BCUT2D eigenvalue weighted by Gasteiger charge is 2.39. The summed E-state index contributed by atoms with van der Waals surface area (Å²) in [6, 6.07) is 5.03. The van der Waals surface area contributed by atoms with Gasteiger partial charge in [0.1, 0.15) is 5.60 Å². The summed E-state index contributed by atoms with van der Waals surface area (Å²) >= 11 is 5.32. The molecule has 0 aromatic heterocycles. The first-order valence-corrected chi connectivity index (χ1v) is 7.72. The van der Waals surface area contributed by atoms with Gasteiger partial charge in [0.25, 0.3) is 0 Å². The first-order chi connectivity index (χ1) is 10.9. The number of alkyl halides is 3. The molecular formula is C15H16F3N3OS. The van der Waals surface area contributed by atoms with Crippen LogP contribution in [0.15, 0.2) is 29.4 Å². The van der Waals surface area contributed by atoms with E-state index in [1.54, 1.807) is 12.3 Å². The molecule has 0 amide bonds. The lowest BCUT2D eigenvalue weighted by atomic mass is 9.89. The molecular weight excluding hydrogens is 327 g/mol. The van der Waals surface area contributed by atoms with Gasteiger partial charge in [0.05, 0.1) is 5.56 Å². The van der Waals surface area contributed by atoms with E-state index in [0.29, 0.717) is 23.9 Å². The van der Waals surface area contributed by atoms with Gasteiger partial charge in [-0.2, -0.15) is 13.2 Å². The minimum Gasteiger partial charge on any atom is -0.389 e. The van der Waals surface area contributed by atoms with Crippen LogP contribution in [-0.2, 0) is 11.0 Å². The Morgan fingerprint density at radius 3 is 2.65 bits per heavy atom. The van der Waals surface area contributed by atoms with Crippen LogP contribution in [0.4, 0.5) is 18.9 Å². The molecule has 8 heteroatoms. The third-order valence-corrected chi connectivity index (χ3v) is 4.55. The maximum absolute atomic E-state index is 12.7. The summed E-state index contributed by atoms with van der Waals surface area (Å²) in [4.78, 5) is 7.38. The Kier molecular flexibility index (Phi) is 4.18. The molecule has 2 aliphatic rings. The zero-order valence-corrected chi connectivity index (χ0v) is 13.1. The topological polar surface area (TPSA) is 36.9 Å². The maximum Gasteiger partial charge on any atom is 0.416 e. The number of hydrogen-bond acceptors (Lipinski definition) is 3. The zero-order valence-electron chi connectivity index (χ0n) is 12.3. The molecule has 2 aliphatic heterocycles. The lowest BCUT2D eigenvalue weighted by Gasteiger charge is -2.38. The van der Waals surface area contributed by atoms with Gasteiger partial charge in [-0.3, -0.25) is 0 Å². The highest BCUT2D eigenvalue weighted by molar-refractivity contribution is 7.80. The van der Waals surface area contributed by atoms with Crippen LogP contribution in [0.2, 0.25) is 0 Å². The van der Waals surface area contributed by atoms with Crippen LogP contribution in [0.5, 0.6) is 0 Å². The van der Waals surface area contributed by atoms with Crippen molar-refractivity contribution in [2.24, 2.45) is 5.16 Å². The van der Waals surface area contributed by atoms with Crippen molar-refractivity contribution in [2.45, 2.75) is 31.0 Å². The van der Waals surface area contributed by atoms with Crippen LogP contribution < -0.4 is 5.32 Å². The van der Waals surface area contributed by atoms with Gasteiger partial charge in [0.15, 0.2) is 5.11 Å². The molecule has 3 rings (SSSR count). The Morgan fingerprint density at radius 2 is 2.04 bits per heavy atom. The van der Waals surface area contributed by atoms with E-state index in [1.165, 1.54) is 6.07 Å². The van der Waals surface area contributed by atoms with E-state index in [0.717, 1.165) is 31.4 Å². The minimum absolute atomic E-state index is 0.220. The molecule has 2 heterocycles. The van der Waals surface area contributed by atoms with Crippen LogP contribution in [0.3, 0.4) is 0 Å². The SMILES string of the molecule is FC(F)(F)c1cccc(NC(=S)N2CCC3(CC=NO3)CC2)c1. The molecule has 0 saturated carbocycles. The van der Waals surface area contributed by atoms with E-state index >= 15 is 0 Å². The number of rotatable bonds is 1. The number of likely N-dealkylation sites (tertiary alicyclic amines) is 1. The van der Waals surface area contributed by atoms with E-state index in [-0.39, 0.29) is 5.60 Å². The first-order valence-electron chi connectivity index (χ1n) is 7.31. The normalized spacial score (nSPS) is 19.7. The number of halogens is 3. The van der Waals surface area contributed by atoms with Crippen LogP contribution in [-0.4, -0.2) is 34.9 Å². The van der Waals surface area contributed by atoms with Gasteiger partial charge in [0, 0.05) is 44.3 Å². The van der Waals surface area contributed by atoms with E-state index in [9.17, 15) is 13.2 Å². The van der Waals surface area contributed by atoms with E-state index in [2.05, 4.69) is 10.5 Å². The van der Waals surface area contributed by atoms with Gasteiger partial charge in [0.2, 0.25) is 0 Å². The first kappa shape index (κ1) is 16.0. The molecule has 124 valence electrons. The smallest absolute Gasteiger partial charge is 0.389 e. The second-order valence-electron chi connectivity index (χ2n) is 5.76. The highest BCUT2D eigenvalue weighted by Crippen LogP contribution is 2.33. The summed E-state index contributed by atoms with van der Waals surface area (Å²) < 4.78 is 38.2. The number of oxime groups is 1.